The Morgan fingerprint density at radius 1 is 1.30 bits per heavy atom. The van der Waals surface area contributed by atoms with E-state index < -0.39 is 11.7 Å². The molecule has 0 bridgehead atoms. The van der Waals surface area contributed by atoms with Crippen molar-refractivity contribution in [1.29, 1.82) is 0 Å². The normalized spacial score (nSPS) is 28.1. The van der Waals surface area contributed by atoms with Gasteiger partial charge < -0.3 is 14.9 Å². The molecule has 1 aliphatic rings. The van der Waals surface area contributed by atoms with Crippen molar-refractivity contribution >= 4 is 17.6 Å². The Bertz CT molecular complexity index is 487. The lowest BCUT2D eigenvalue weighted by atomic mass is 9.87. The maximum atomic E-state index is 11.0. The summed E-state index contributed by atoms with van der Waals surface area (Å²) < 4.78 is 4.56. The van der Waals surface area contributed by atoms with Gasteiger partial charge in [-0.15, -0.1) is 11.6 Å². The number of aliphatic hydroxyl groups is 2. The highest BCUT2D eigenvalue weighted by molar-refractivity contribution is 6.21. The average molecular weight is 401 g/mol. The Balaban J connectivity index is 2.50. The van der Waals surface area contributed by atoms with Crippen LogP contribution < -0.4 is 0 Å². The van der Waals surface area contributed by atoms with Gasteiger partial charge in [-0.2, -0.15) is 0 Å². The molecular weight excluding hydrogens is 364 g/mol. The molecule has 1 aliphatic carbocycles. The van der Waals surface area contributed by atoms with Crippen molar-refractivity contribution in [2.24, 2.45) is 11.8 Å². The van der Waals surface area contributed by atoms with Gasteiger partial charge in [0.1, 0.15) is 0 Å². The van der Waals surface area contributed by atoms with E-state index in [-0.39, 0.29) is 23.2 Å². The van der Waals surface area contributed by atoms with Crippen molar-refractivity contribution in [3.63, 3.8) is 0 Å². The minimum absolute atomic E-state index is 0.00392. The summed E-state index contributed by atoms with van der Waals surface area (Å²) in [7, 11) is 1.37. The lowest BCUT2D eigenvalue weighted by Gasteiger charge is -2.23. The molecule has 156 valence electrons. The molecule has 1 fully saturated rings. The first-order valence-electron chi connectivity index (χ1n) is 10.3. The van der Waals surface area contributed by atoms with Crippen molar-refractivity contribution < 1.29 is 19.7 Å². The van der Waals surface area contributed by atoms with E-state index in [9.17, 15) is 15.0 Å². The van der Waals surface area contributed by atoms with E-state index in [0.717, 1.165) is 51.4 Å². The highest BCUT2D eigenvalue weighted by Gasteiger charge is 2.39. The van der Waals surface area contributed by atoms with Crippen LogP contribution in [0.5, 0.6) is 0 Å². The molecule has 1 rings (SSSR count). The van der Waals surface area contributed by atoms with E-state index in [1.165, 1.54) is 13.2 Å². The molecule has 27 heavy (non-hydrogen) atoms. The topological polar surface area (TPSA) is 66.8 Å². The van der Waals surface area contributed by atoms with Crippen LogP contribution in [-0.4, -0.2) is 40.4 Å². The minimum atomic E-state index is -0.831. The number of aliphatic hydroxyl groups excluding tert-OH is 1. The number of hydrogen-bond donors (Lipinski definition) is 2. The van der Waals surface area contributed by atoms with Gasteiger partial charge in [0.15, 0.2) is 0 Å². The summed E-state index contributed by atoms with van der Waals surface area (Å²) in [5, 5.41) is 20.9. The van der Waals surface area contributed by atoms with E-state index in [4.69, 9.17) is 11.6 Å². The van der Waals surface area contributed by atoms with E-state index in [2.05, 4.69) is 11.7 Å². The van der Waals surface area contributed by atoms with Gasteiger partial charge in [0.2, 0.25) is 0 Å². The number of alkyl halides is 1. The summed E-state index contributed by atoms with van der Waals surface area (Å²) in [6.45, 7) is 3.98. The fourth-order valence-electron chi connectivity index (χ4n) is 3.76. The average Bonchev–Trinajstić information content (AvgIpc) is 2.89. The van der Waals surface area contributed by atoms with Gasteiger partial charge in [-0.1, -0.05) is 50.8 Å². The maximum absolute atomic E-state index is 11.0. The zero-order valence-corrected chi connectivity index (χ0v) is 17.8. The third-order valence-electron chi connectivity index (χ3n) is 5.45. The molecule has 0 spiro atoms. The summed E-state index contributed by atoms with van der Waals surface area (Å²) in [6.07, 6.45) is 15.0. The van der Waals surface area contributed by atoms with Crippen molar-refractivity contribution in [2.75, 3.05) is 7.11 Å². The molecule has 2 N–H and O–H groups in total. The van der Waals surface area contributed by atoms with Gasteiger partial charge in [0.05, 0.1) is 18.8 Å². The Hall–Kier alpha value is -0.840. The highest BCUT2D eigenvalue weighted by Crippen LogP contribution is 2.40. The van der Waals surface area contributed by atoms with Crippen LogP contribution in [0.15, 0.2) is 24.3 Å². The highest BCUT2D eigenvalue weighted by atomic mass is 35.5. The van der Waals surface area contributed by atoms with Crippen LogP contribution in [0.25, 0.3) is 0 Å². The predicted octanol–water partition coefficient (Wildman–Crippen LogP) is 4.77. The molecule has 0 saturated heterocycles. The zero-order chi connectivity index (χ0) is 20.3. The van der Waals surface area contributed by atoms with E-state index in [1.807, 2.05) is 25.2 Å². The molecule has 0 heterocycles. The number of rotatable bonds is 12. The van der Waals surface area contributed by atoms with Gasteiger partial charge in [0.25, 0.3) is 0 Å². The van der Waals surface area contributed by atoms with Gasteiger partial charge >= 0.3 is 5.97 Å². The molecule has 4 nitrogen and oxygen atoms in total. The third kappa shape index (κ3) is 9.27. The monoisotopic (exact) mass is 400 g/mol. The summed E-state index contributed by atoms with van der Waals surface area (Å²) in [4.78, 5) is 11.0. The van der Waals surface area contributed by atoms with Crippen molar-refractivity contribution in [3.8, 4) is 0 Å². The number of carbonyl (C=O) groups excluding carboxylic acids is 1. The van der Waals surface area contributed by atoms with E-state index >= 15 is 0 Å². The van der Waals surface area contributed by atoms with E-state index in [1.54, 1.807) is 0 Å². The molecule has 1 unspecified atom stereocenters. The number of hydrogen-bond acceptors (Lipinski definition) is 4. The van der Waals surface area contributed by atoms with E-state index in [0.29, 0.717) is 6.42 Å². The van der Waals surface area contributed by atoms with Crippen molar-refractivity contribution in [1.82, 2.24) is 0 Å². The fraction of sp³-hybridized carbons (Fsp3) is 0.773. The summed E-state index contributed by atoms with van der Waals surface area (Å²) in [6, 6.07) is 0. The SMILES string of the molecule is CCCCCC(C)(O)/C=C/[C@@H]1[C@@H](CCCCC=CC(=O)OC)[C@H](Cl)C[C@H]1O. The standard InChI is InChI=1S/C22H37ClO4/c1-4-5-10-14-22(2,26)15-13-18-17(19(23)16-20(18)24)11-8-6-7-9-12-21(25)27-3/h9,12-13,15,17-20,24,26H,4-8,10-11,14,16H2,1-3H3/b12-9?,15-13+/t17-,18-,19-,20-,22?/m1/s1. The molecule has 0 aromatic rings. The number of unbranched alkanes of at least 4 members (excludes halogenated alkanes) is 4. The predicted molar refractivity (Wildman–Crippen MR) is 111 cm³/mol. The third-order valence-corrected chi connectivity index (χ3v) is 5.95. The summed E-state index contributed by atoms with van der Waals surface area (Å²) in [5.41, 5.74) is -0.831. The first-order valence-corrected chi connectivity index (χ1v) is 10.7. The Kier molecular flexibility index (Phi) is 11.3. The Labute approximate surface area is 169 Å². The first kappa shape index (κ1) is 24.2. The molecule has 0 aromatic heterocycles. The maximum Gasteiger partial charge on any atom is 0.330 e. The molecular formula is C22H37ClO4. The Morgan fingerprint density at radius 2 is 2.04 bits per heavy atom. The second-order valence-corrected chi connectivity index (χ2v) is 8.50. The van der Waals surface area contributed by atoms with Gasteiger partial charge in [-0.05, 0) is 44.9 Å². The van der Waals surface area contributed by atoms with Gasteiger partial charge in [-0.25, -0.2) is 4.79 Å². The molecule has 0 aromatic carbocycles. The number of methoxy groups -OCH3 is 1. The number of carbonyl (C=O) groups is 1. The number of halogens is 1. The van der Waals surface area contributed by atoms with Crippen LogP contribution in [-0.2, 0) is 9.53 Å². The number of allylic oxidation sites excluding steroid dienone is 1. The Morgan fingerprint density at radius 3 is 2.70 bits per heavy atom. The molecule has 5 heteroatoms. The molecule has 5 atom stereocenters. The van der Waals surface area contributed by atoms with Crippen LogP contribution in [0.2, 0.25) is 0 Å². The van der Waals surface area contributed by atoms with Gasteiger partial charge in [0, 0.05) is 17.4 Å². The minimum Gasteiger partial charge on any atom is -0.466 e. The number of ether oxygens (including phenoxy) is 1. The molecule has 0 amide bonds. The lowest BCUT2D eigenvalue weighted by Crippen LogP contribution is -2.23. The van der Waals surface area contributed by atoms with Gasteiger partial charge in [-0.3, -0.25) is 0 Å². The van der Waals surface area contributed by atoms with Crippen LogP contribution in [0.3, 0.4) is 0 Å². The van der Waals surface area contributed by atoms with Crippen molar-refractivity contribution in [3.05, 3.63) is 24.3 Å². The quantitative estimate of drug-likeness (QED) is 0.163. The van der Waals surface area contributed by atoms with Crippen LogP contribution in [0.1, 0.15) is 71.6 Å². The lowest BCUT2D eigenvalue weighted by molar-refractivity contribution is -0.134. The fourth-order valence-corrected chi connectivity index (χ4v) is 4.23. The second kappa shape index (κ2) is 12.6. The summed E-state index contributed by atoms with van der Waals surface area (Å²) >= 11 is 6.49. The molecule has 0 aliphatic heterocycles. The van der Waals surface area contributed by atoms with Crippen LogP contribution in [0, 0.1) is 11.8 Å². The van der Waals surface area contributed by atoms with Crippen molar-refractivity contribution in [2.45, 2.75) is 88.7 Å². The first-order chi connectivity index (χ1) is 12.8. The zero-order valence-electron chi connectivity index (χ0n) is 17.1. The van der Waals surface area contributed by atoms with Crippen LogP contribution >= 0.6 is 11.6 Å². The smallest absolute Gasteiger partial charge is 0.330 e. The molecule has 1 saturated carbocycles. The van der Waals surface area contributed by atoms with Crippen LogP contribution in [0.4, 0.5) is 0 Å². The summed E-state index contributed by atoms with van der Waals surface area (Å²) in [5.74, 6) is -0.115. The molecule has 0 radical (unpaired) electrons. The number of esters is 1. The largest absolute Gasteiger partial charge is 0.466 e. The second-order valence-electron chi connectivity index (χ2n) is 7.94.